The van der Waals surface area contributed by atoms with E-state index in [0.717, 1.165) is 12.1 Å². The molecule has 0 spiro atoms. The van der Waals surface area contributed by atoms with E-state index in [-0.39, 0.29) is 18.6 Å². The van der Waals surface area contributed by atoms with Gasteiger partial charge in [-0.1, -0.05) is 12.1 Å². The smallest absolute Gasteiger partial charge is 0.251 e. The molecule has 0 bridgehead atoms. The van der Waals surface area contributed by atoms with E-state index in [9.17, 15) is 4.79 Å². The van der Waals surface area contributed by atoms with Crippen LogP contribution in [0.25, 0.3) is 0 Å². The molecule has 0 fully saturated rings. The van der Waals surface area contributed by atoms with Gasteiger partial charge in [-0.15, -0.1) is 0 Å². The first-order chi connectivity index (χ1) is 9.56. The second-order valence-corrected chi connectivity index (χ2v) is 5.07. The largest absolute Gasteiger partial charge is 0.396 e. The van der Waals surface area contributed by atoms with E-state index in [2.05, 4.69) is 10.2 Å². The van der Waals surface area contributed by atoms with Gasteiger partial charge in [0.15, 0.2) is 0 Å². The maximum absolute atomic E-state index is 12.1. The van der Waals surface area contributed by atoms with E-state index in [0.29, 0.717) is 18.6 Å². The van der Waals surface area contributed by atoms with Crippen molar-refractivity contribution in [3.63, 3.8) is 0 Å². The van der Waals surface area contributed by atoms with Crippen LogP contribution in [0.15, 0.2) is 24.3 Å². The predicted octanol–water partition coefficient (Wildman–Crippen LogP) is 0.875. The summed E-state index contributed by atoms with van der Waals surface area (Å²) in [5, 5.41) is 11.8. The van der Waals surface area contributed by atoms with Crippen LogP contribution in [0.3, 0.4) is 0 Å². The van der Waals surface area contributed by atoms with Crippen molar-refractivity contribution < 1.29 is 14.6 Å². The predicted molar refractivity (Wildman–Crippen MR) is 78.7 cm³/mol. The van der Waals surface area contributed by atoms with Crippen LogP contribution < -0.4 is 5.32 Å². The van der Waals surface area contributed by atoms with Crippen LogP contribution in [0.2, 0.25) is 0 Å². The Morgan fingerprint density at radius 2 is 2.00 bits per heavy atom. The first kappa shape index (κ1) is 16.6. The normalized spacial score (nSPS) is 12.4. The van der Waals surface area contributed by atoms with E-state index in [1.807, 2.05) is 38.4 Å². The molecule has 112 valence electrons. The van der Waals surface area contributed by atoms with Crippen molar-refractivity contribution in [3.05, 3.63) is 35.4 Å². The molecule has 1 aromatic rings. The minimum atomic E-state index is -0.168. The van der Waals surface area contributed by atoms with Crippen molar-refractivity contribution in [2.75, 3.05) is 34.4 Å². The Hall–Kier alpha value is -1.43. The number of carbonyl (C=O) groups excluding carboxylic acids is 1. The fraction of sp³-hybridized carbons (Fsp3) is 0.533. The Morgan fingerprint density at radius 3 is 2.50 bits per heavy atom. The number of rotatable bonds is 8. The number of methoxy groups -OCH3 is 1. The summed E-state index contributed by atoms with van der Waals surface area (Å²) < 4.78 is 5.02. The lowest BCUT2D eigenvalue weighted by Crippen LogP contribution is -2.38. The van der Waals surface area contributed by atoms with Crippen LogP contribution in [0.4, 0.5) is 0 Å². The average molecular weight is 280 g/mol. The molecular formula is C15H24N2O3. The van der Waals surface area contributed by atoms with E-state index in [1.54, 1.807) is 7.11 Å². The SMILES string of the molecule is COCC(CCO)NC(=O)c1ccc(CN(C)C)cc1. The zero-order valence-corrected chi connectivity index (χ0v) is 12.4. The number of hydrogen-bond donors (Lipinski definition) is 2. The lowest BCUT2D eigenvalue weighted by atomic mass is 10.1. The summed E-state index contributed by atoms with van der Waals surface area (Å²) in [6, 6.07) is 7.37. The molecule has 1 rings (SSSR count). The van der Waals surface area contributed by atoms with Gasteiger partial charge in [-0.2, -0.15) is 0 Å². The maximum Gasteiger partial charge on any atom is 0.251 e. The summed E-state index contributed by atoms with van der Waals surface area (Å²) >= 11 is 0. The lowest BCUT2D eigenvalue weighted by Gasteiger charge is -2.17. The summed E-state index contributed by atoms with van der Waals surface area (Å²) in [7, 11) is 5.59. The molecule has 0 radical (unpaired) electrons. The number of carbonyl (C=O) groups is 1. The van der Waals surface area contributed by atoms with Gasteiger partial charge in [-0.3, -0.25) is 4.79 Å². The first-order valence-electron chi connectivity index (χ1n) is 6.71. The van der Waals surface area contributed by atoms with Gasteiger partial charge >= 0.3 is 0 Å². The maximum atomic E-state index is 12.1. The number of amides is 1. The number of aliphatic hydroxyl groups is 1. The minimum absolute atomic E-state index is 0.0239. The Bertz CT molecular complexity index is 398. The molecule has 0 aliphatic rings. The van der Waals surface area contributed by atoms with Crippen LogP contribution in [0.1, 0.15) is 22.3 Å². The fourth-order valence-corrected chi connectivity index (χ4v) is 1.95. The molecule has 0 aliphatic carbocycles. The average Bonchev–Trinajstić information content (AvgIpc) is 2.39. The van der Waals surface area contributed by atoms with Crippen LogP contribution in [0.5, 0.6) is 0 Å². The van der Waals surface area contributed by atoms with Gasteiger partial charge in [0, 0.05) is 25.8 Å². The highest BCUT2D eigenvalue weighted by molar-refractivity contribution is 5.94. The number of ether oxygens (including phenoxy) is 1. The Balaban J connectivity index is 2.62. The molecule has 0 saturated heterocycles. The van der Waals surface area contributed by atoms with Crippen molar-refractivity contribution in [1.29, 1.82) is 0 Å². The zero-order chi connectivity index (χ0) is 15.0. The Labute approximate surface area is 120 Å². The Kier molecular flexibility index (Phi) is 7.22. The van der Waals surface area contributed by atoms with Crippen molar-refractivity contribution in [2.24, 2.45) is 0 Å². The first-order valence-corrected chi connectivity index (χ1v) is 6.71. The van der Waals surface area contributed by atoms with Gasteiger partial charge < -0.3 is 20.1 Å². The molecule has 5 nitrogen and oxygen atoms in total. The third kappa shape index (κ3) is 5.69. The molecule has 1 unspecified atom stereocenters. The molecule has 1 aromatic carbocycles. The third-order valence-corrected chi connectivity index (χ3v) is 2.90. The van der Waals surface area contributed by atoms with E-state index < -0.39 is 0 Å². The van der Waals surface area contributed by atoms with E-state index in [1.165, 1.54) is 0 Å². The van der Waals surface area contributed by atoms with Crippen LogP contribution in [0, 0.1) is 0 Å². The molecule has 5 heteroatoms. The molecular weight excluding hydrogens is 256 g/mol. The molecule has 2 N–H and O–H groups in total. The van der Waals surface area contributed by atoms with Crippen LogP contribution >= 0.6 is 0 Å². The number of nitrogens with one attached hydrogen (secondary N) is 1. The number of hydrogen-bond acceptors (Lipinski definition) is 4. The van der Waals surface area contributed by atoms with Gasteiger partial charge in [0.05, 0.1) is 12.6 Å². The second-order valence-electron chi connectivity index (χ2n) is 5.07. The van der Waals surface area contributed by atoms with E-state index in [4.69, 9.17) is 9.84 Å². The number of aliphatic hydroxyl groups excluding tert-OH is 1. The van der Waals surface area contributed by atoms with Crippen molar-refractivity contribution in [3.8, 4) is 0 Å². The van der Waals surface area contributed by atoms with Crippen molar-refractivity contribution in [1.82, 2.24) is 10.2 Å². The van der Waals surface area contributed by atoms with Gasteiger partial charge in [0.2, 0.25) is 0 Å². The molecule has 1 amide bonds. The summed E-state index contributed by atoms with van der Waals surface area (Å²) in [5.41, 5.74) is 1.78. The highest BCUT2D eigenvalue weighted by Crippen LogP contribution is 2.07. The van der Waals surface area contributed by atoms with Gasteiger partial charge in [-0.05, 0) is 38.2 Å². The van der Waals surface area contributed by atoms with Crippen molar-refractivity contribution in [2.45, 2.75) is 19.0 Å². The quantitative estimate of drug-likeness (QED) is 0.742. The molecule has 1 atom stereocenters. The molecule has 0 heterocycles. The van der Waals surface area contributed by atoms with Gasteiger partial charge in [0.1, 0.15) is 0 Å². The minimum Gasteiger partial charge on any atom is -0.396 e. The monoisotopic (exact) mass is 280 g/mol. The van der Waals surface area contributed by atoms with Crippen LogP contribution in [-0.4, -0.2) is 56.4 Å². The molecule has 20 heavy (non-hydrogen) atoms. The number of benzene rings is 1. The highest BCUT2D eigenvalue weighted by atomic mass is 16.5. The topological polar surface area (TPSA) is 61.8 Å². The molecule has 0 aromatic heterocycles. The van der Waals surface area contributed by atoms with Gasteiger partial charge in [0.25, 0.3) is 5.91 Å². The second kappa shape index (κ2) is 8.68. The lowest BCUT2D eigenvalue weighted by molar-refractivity contribution is 0.0878. The van der Waals surface area contributed by atoms with Crippen molar-refractivity contribution >= 4 is 5.91 Å². The van der Waals surface area contributed by atoms with Gasteiger partial charge in [-0.25, -0.2) is 0 Å². The van der Waals surface area contributed by atoms with E-state index >= 15 is 0 Å². The Morgan fingerprint density at radius 1 is 1.35 bits per heavy atom. The standard InChI is InChI=1S/C15H24N2O3/c1-17(2)10-12-4-6-13(7-5-12)15(19)16-14(8-9-18)11-20-3/h4-7,14,18H,8-11H2,1-3H3,(H,16,19). The molecule has 0 saturated carbocycles. The molecule has 0 aliphatic heterocycles. The summed E-state index contributed by atoms with van der Waals surface area (Å²) in [6.45, 7) is 1.26. The summed E-state index contributed by atoms with van der Waals surface area (Å²) in [6.07, 6.45) is 0.484. The zero-order valence-electron chi connectivity index (χ0n) is 12.4. The fourth-order valence-electron chi connectivity index (χ4n) is 1.95. The number of nitrogens with zero attached hydrogens (tertiary/aromatic N) is 1. The summed E-state index contributed by atoms with van der Waals surface area (Å²) in [4.78, 5) is 14.2. The highest BCUT2D eigenvalue weighted by Gasteiger charge is 2.13. The third-order valence-electron chi connectivity index (χ3n) is 2.90. The summed E-state index contributed by atoms with van der Waals surface area (Å²) in [5.74, 6) is -0.142. The van der Waals surface area contributed by atoms with Crippen LogP contribution in [-0.2, 0) is 11.3 Å².